The highest BCUT2D eigenvalue weighted by molar-refractivity contribution is 6.08. The molecule has 0 saturated heterocycles. The maximum atomic E-state index is 2.43. The number of benzene rings is 4. The number of allylic oxidation sites excluding steroid dienone is 8. The maximum absolute atomic E-state index is 2.43. The lowest BCUT2D eigenvalue weighted by Gasteiger charge is -2.25. The third kappa shape index (κ3) is 4.18. The highest BCUT2D eigenvalue weighted by Gasteiger charge is 2.46. The molecule has 2 aliphatic heterocycles. The normalized spacial score (nSPS) is 23.2. The molecule has 0 N–H and O–H groups in total. The molecule has 0 radical (unpaired) electrons. The van der Waals surface area contributed by atoms with Crippen molar-refractivity contribution in [3.8, 4) is 0 Å². The summed E-state index contributed by atoms with van der Waals surface area (Å²) < 4.78 is 2.43. The van der Waals surface area contributed by atoms with Crippen molar-refractivity contribution in [2.75, 3.05) is 19.0 Å². The first-order valence-corrected chi connectivity index (χ1v) is 16.4. The predicted molar refractivity (Wildman–Crippen MR) is 190 cm³/mol. The van der Waals surface area contributed by atoms with E-state index in [1.807, 2.05) is 0 Å². The number of anilines is 1. The first kappa shape index (κ1) is 28.6. The van der Waals surface area contributed by atoms with Gasteiger partial charge < -0.3 is 4.90 Å². The zero-order valence-electron chi connectivity index (χ0n) is 27.5. The van der Waals surface area contributed by atoms with E-state index >= 15 is 0 Å². The maximum Gasteiger partial charge on any atom is 0.210 e. The topological polar surface area (TPSA) is 6.25 Å². The van der Waals surface area contributed by atoms with E-state index in [2.05, 4.69) is 155 Å². The number of fused-ring (bicyclic) bond motifs is 6. The molecule has 0 saturated carbocycles. The lowest BCUT2D eigenvalue weighted by molar-refractivity contribution is -0.401. The molecule has 7 rings (SSSR count). The van der Waals surface area contributed by atoms with Crippen LogP contribution in [0.5, 0.6) is 0 Å². The van der Waals surface area contributed by atoms with Crippen LogP contribution in [0.1, 0.15) is 71.4 Å². The zero-order chi connectivity index (χ0) is 30.8. The fraction of sp³-hybridized carbons (Fsp3) is 0.310. The molecule has 2 nitrogen and oxygen atoms in total. The Morgan fingerprint density at radius 1 is 0.795 bits per heavy atom. The molecule has 0 spiro atoms. The van der Waals surface area contributed by atoms with Gasteiger partial charge in [-0.05, 0) is 102 Å². The van der Waals surface area contributed by atoms with E-state index in [-0.39, 0.29) is 10.8 Å². The Morgan fingerprint density at radius 3 is 2.16 bits per heavy atom. The molecule has 0 fully saturated rings. The summed E-state index contributed by atoms with van der Waals surface area (Å²) in [5, 5.41) is 5.39. The molecule has 0 bridgehead atoms. The molecule has 44 heavy (non-hydrogen) atoms. The lowest BCUT2D eigenvalue weighted by atomic mass is 9.75. The highest BCUT2D eigenvalue weighted by atomic mass is 15.2. The van der Waals surface area contributed by atoms with Crippen LogP contribution in [0.3, 0.4) is 0 Å². The van der Waals surface area contributed by atoms with Gasteiger partial charge in [0.15, 0.2) is 5.71 Å². The van der Waals surface area contributed by atoms with Crippen LogP contribution in [0.2, 0.25) is 0 Å². The van der Waals surface area contributed by atoms with Gasteiger partial charge >= 0.3 is 0 Å². The molecule has 2 heterocycles. The average molecular weight is 578 g/mol. The number of hydrogen-bond acceptors (Lipinski definition) is 1. The van der Waals surface area contributed by atoms with E-state index in [4.69, 9.17) is 0 Å². The monoisotopic (exact) mass is 577 g/mol. The van der Waals surface area contributed by atoms with Crippen LogP contribution >= 0.6 is 0 Å². The number of rotatable bonds is 4. The largest absolute Gasteiger partial charge is 0.347 e. The van der Waals surface area contributed by atoms with Crippen molar-refractivity contribution in [2.24, 2.45) is 0 Å². The molecule has 3 aliphatic rings. The van der Waals surface area contributed by atoms with Crippen LogP contribution in [-0.4, -0.2) is 24.4 Å². The van der Waals surface area contributed by atoms with Crippen molar-refractivity contribution in [1.29, 1.82) is 0 Å². The van der Waals surface area contributed by atoms with Gasteiger partial charge in [0.05, 0.1) is 5.41 Å². The van der Waals surface area contributed by atoms with Gasteiger partial charge in [-0.3, -0.25) is 0 Å². The van der Waals surface area contributed by atoms with Gasteiger partial charge in [-0.2, -0.15) is 4.58 Å². The molecule has 0 amide bonds. The molecule has 1 unspecified atom stereocenters. The molecule has 2 heteroatoms. The van der Waals surface area contributed by atoms with Crippen molar-refractivity contribution < 1.29 is 4.58 Å². The van der Waals surface area contributed by atoms with E-state index in [0.717, 1.165) is 19.3 Å². The smallest absolute Gasteiger partial charge is 0.210 e. The first-order valence-electron chi connectivity index (χ1n) is 16.4. The second kappa shape index (κ2) is 10.5. The number of likely N-dealkylation sites (N-methyl/N-ethyl adjacent to an activating group) is 1. The van der Waals surface area contributed by atoms with Crippen LogP contribution in [-0.2, 0) is 10.8 Å². The molecule has 1 atom stereocenters. The quantitative estimate of drug-likeness (QED) is 0.219. The summed E-state index contributed by atoms with van der Waals surface area (Å²) in [4.78, 5) is 2.40. The minimum Gasteiger partial charge on any atom is -0.347 e. The van der Waals surface area contributed by atoms with E-state index in [1.54, 1.807) is 0 Å². The Labute approximate surface area is 263 Å². The fourth-order valence-electron chi connectivity index (χ4n) is 8.42. The van der Waals surface area contributed by atoms with Crippen molar-refractivity contribution in [3.63, 3.8) is 0 Å². The van der Waals surface area contributed by atoms with Gasteiger partial charge in [0.2, 0.25) is 5.69 Å². The summed E-state index contributed by atoms with van der Waals surface area (Å²) in [6.45, 7) is 11.9. The minimum absolute atomic E-state index is 0.0223. The fourth-order valence-corrected chi connectivity index (χ4v) is 8.42. The number of hydrogen-bond donors (Lipinski definition) is 0. The van der Waals surface area contributed by atoms with Crippen LogP contribution in [0.4, 0.5) is 11.4 Å². The van der Waals surface area contributed by atoms with Gasteiger partial charge in [0, 0.05) is 41.6 Å². The van der Waals surface area contributed by atoms with Crippen molar-refractivity contribution in [3.05, 3.63) is 131 Å². The Balaban J connectivity index is 1.23. The SMILES string of the molecule is CCC1(C)C(/C=C/C2=C(C)C(=C/C=C3/N(C)c4ccc5ccccc5c4C3(C)C)/CCC2)=[N+](C)c2ccc3ccccc3c21. The summed E-state index contributed by atoms with van der Waals surface area (Å²) in [6, 6.07) is 26.8. The van der Waals surface area contributed by atoms with Crippen molar-refractivity contribution >= 4 is 38.6 Å². The van der Waals surface area contributed by atoms with E-state index < -0.39 is 0 Å². The Morgan fingerprint density at radius 2 is 1.45 bits per heavy atom. The van der Waals surface area contributed by atoms with Crippen LogP contribution in [0, 0.1) is 0 Å². The van der Waals surface area contributed by atoms with Gasteiger partial charge in [-0.25, -0.2) is 0 Å². The van der Waals surface area contributed by atoms with E-state index in [9.17, 15) is 0 Å². The van der Waals surface area contributed by atoms with Gasteiger partial charge in [0.1, 0.15) is 7.05 Å². The standard InChI is InChI=1S/C42H45N2/c1-8-42(5)38(44(7)36-25-21-32-15-10-12-19-34(32)40(36)42)27-23-30-17-13-16-29(28(30)2)22-26-37-41(3,4)39-33-18-11-9-14-31(33)20-24-35(39)43(37)6/h9-12,14-15,18-27H,8,13,16-17H2,1-7H3/q+1. The van der Waals surface area contributed by atoms with Gasteiger partial charge in [-0.15, -0.1) is 0 Å². The average Bonchev–Trinajstić information content (AvgIpc) is 3.38. The predicted octanol–water partition coefficient (Wildman–Crippen LogP) is 10.7. The summed E-state index contributed by atoms with van der Waals surface area (Å²) in [5.41, 5.74) is 12.6. The second-order valence-corrected chi connectivity index (χ2v) is 13.8. The van der Waals surface area contributed by atoms with Crippen LogP contribution in [0.25, 0.3) is 21.5 Å². The second-order valence-electron chi connectivity index (χ2n) is 13.8. The third-order valence-electron chi connectivity index (χ3n) is 11.1. The molecule has 4 aromatic rings. The van der Waals surface area contributed by atoms with Gasteiger partial charge in [0.25, 0.3) is 0 Å². The van der Waals surface area contributed by atoms with Crippen molar-refractivity contribution in [1.82, 2.24) is 0 Å². The van der Waals surface area contributed by atoms with Crippen molar-refractivity contribution in [2.45, 2.75) is 71.1 Å². The number of nitrogens with zero attached hydrogens (tertiary/aromatic N) is 2. The van der Waals surface area contributed by atoms with Crippen LogP contribution < -0.4 is 4.90 Å². The van der Waals surface area contributed by atoms with Gasteiger partial charge in [-0.1, -0.05) is 87.5 Å². The first-order chi connectivity index (χ1) is 21.2. The molecular formula is C42H45N2+. The summed E-state index contributed by atoms with van der Waals surface area (Å²) in [6.07, 6.45) is 14.2. The summed E-state index contributed by atoms with van der Waals surface area (Å²) in [5.74, 6) is 0. The summed E-state index contributed by atoms with van der Waals surface area (Å²) in [7, 11) is 4.47. The van der Waals surface area contributed by atoms with Crippen LogP contribution in [0.15, 0.2) is 120 Å². The summed E-state index contributed by atoms with van der Waals surface area (Å²) >= 11 is 0. The highest BCUT2D eigenvalue weighted by Crippen LogP contribution is 2.50. The van der Waals surface area contributed by atoms with E-state index in [1.165, 1.54) is 78.6 Å². The Kier molecular flexibility index (Phi) is 6.81. The lowest BCUT2D eigenvalue weighted by Crippen LogP contribution is -2.30. The Hall–Kier alpha value is -4.17. The molecule has 222 valence electrons. The zero-order valence-corrected chi connectivity index (χ0v) is 27.5. The molecule has 1 aliphatic carbocycles. The third-order valence-corrected chi connectivity index (χ3v) is 11.1. The minimum atomic E-state index is -0.0650. The van der Waals surface area contributed by atoms with E-state index in [0.29, 0.717) is 0 Å². The molecular weight excluding hydrogens is 532 g/mol. The molecule has 4 aromatic carbocycles. The Bertz CT molecular complexity index is 1990. The molecule has 0 aromatic heterocycles.